The van der Waals surface area contributed by atoms with Gasteiger partial charge in [-0.2, -0.15) is 0 Å². The van der Waals surface area contributed by atoms with Crippen LogP contribution in [0.3, 0.4) is 0 Å². The Morgan fingerprint density at radius 1 is 1.31 bits per heavy atom. The van der Waals surface area contributed by atoms with Crippen molar-refractivity contribution in [1.29, 1.82) is 5.41 Å². The van der Waals surface area contributed by atoms with Crippen molar-refractivity contribution in [2.24, 2.45) is 5.41 Å². The summed E-state index contributed by atoms with van der Waals surface area (Å²) in [5.41, 5.74) is -0.557. The van der Waals surface area contributed by atoms with Crippen LogP contribution in [0.4, 0.5) is 4.39 Å². The van der Waals surface area contributed by atoms with E-state index in [9.17, 15) is 22.7 Å². The number of methoxy groups -OCH3 is 1. The van der Waals surface area contributed by atoms with Crippen molar-refractivity contribution < 1.29 is 27.4 Å². The number of allylic oxidation sites excluding steroid dienone is 1. The fraction of sp³-hybridized carbons (Fsp3) is 0.500. The van der Waals surface area contributed by atoms with Crippen molar-refractivity contribution in [2.75, 3.05) is 13.7 Å². The average Bonchev–Trinajstić information content (AvgIpc) is 3.17. The van der Waals surface area contributed by atoms with Crippen molar-refractivity contribution in [1.82, 2.24) is 5.32 Å². The first-order chi connectivity index (χ1) is 13.5. The first-order valence-corrected chi connectivity index (χ1v) is 10.8. The summed E-state index contributed by atoms with van der Waals surface area (Å²) in [7, 11) is -2.83. The number of hydrogen-bond donors (Lipinski definition) is 3. The first kappa shape index (κ1) is 23.0. The minimum absolute atomic E-state index is 0.0814. The van der Waals surface area contributed by atoms with Gasteiger partial charge in [0.2, 0.25) is 5.91 Å². The van der Waals surface area contributed by atoms with E-state index in [1.165, 1.54) is 27.0 Å². The summed E-state index contributed by atoms with van der Waals surface area (Å²) in [6, 6.07) is 4.23. The fourth-order valence-electron chi connectivity index (χ4n) is 3.29. The summed E-state index contributed by atoms with van der Waals surface area (Å²) in [4.78, 5) is 12.6. The molecule has 1 aromatic carbocycles. The number of sulfone groups is 1. The molecule has 0 heterocycles. The summed E-state index contributed by atoms with van der Waals surface area (Å²) >= 11 is 0. The van der Waals surface area contributed by atoms with Crippen LogP contribution in [0.15, 0.2) is 41.1 Å². The van der Waals surface area contributed by atoms with Gasteiger partial charge >= 0.3 is 0 Å². The largest absolute Gasteiger partial charge is 0.482 e. The molecule has 0 radical (unpaired) electrons. The maximum Gasteiger partial charge on any atom is 0.247 e. The normalized spacial score (nSPS) is 17.1. The highest BCUT2D eigenvalue weighted by molar-refractivity contribution is 7.93. The average molecular weight is 427 g/mol. The highest BCUT2D eigenvalue weighted by atomic mass is 32.2. The molecule has 1 amide bonds. The van der Waals surface area contributed by atoms with Gasteiger partial charge in [0.05, 0.1) is 18.6 Å². The molecule has 7 nitrogen and oxygen atoms in total. The summed E-state index contributed by atoms with van der Waals surface area (Å²) < 4.78 is 42.1. The number of aliphatic hydroxyl groups excluding tert-OH is 1. The van der Waals surface area contributed by atoms with Crippen molar-refractivity contribution >= 4 is 21.5 Å². The number of amides is 1. The molecule has 2 rings (SSSR count). The van der Waals surface area contributed by atoms with Gasteiger partial charge in [-0.15, -0.1) is 0 Å². The Hall–Kier alpha value is -2.26. The summed E-state index contributed by atoms with van der Waals surface area (Å²) in [5, 5.41) is 20.5. The van der Waals surface area contributed by atoms with Crippen LogP contribution in [0.5, 0.6) is 0 Å². The Balaban J connectivity index is 2.25. The summed E-state index contributed by atoms with van der Waals surface area (Å²) in [6.07, 6.45) is 4.42. The van der Waals surface area contributed by atoms with Crippen LogP contribution in [-0.2, 0) is 19.4 Å². The Bertz CT molecular complexity index is 901. The van der Waals surface area contributed by atoms with E-state index < -0.39 is 31.7 Å². The number of hydrogen-bond acceptors (Lipinski definition) is 6. The molecule has 0 bridgehead atoms. The van der Waals surface area contributed by atoms with Gasteiger partial charge in [0.25, 0.3) is 0 Å². The fourth-order valence-corrected chi connectivity index (χ4v) is 4.67. The second kappa shape index (κ2) is 8.62. The second-order valence-electron chi connectivity index (χ2n) is 7.69. The number of nitrogens with one attached hydrogen (secondary N) is 2. The molecular weight excluding hydrogens is 399 g/mol. The zero-order valence-corrected chi connectivity index (χ0v) is 17.6. The molecule has 0 aromatic heterocycles. The highest BCUT2D eigenvalue weighted by Gasteiger charge is 2.43. The lowest BCUT2D eigenvalue weighted by Crippen LogP contribution is -2.48. The van der Waals surface area contributed by atoms with Crippen LogP contribution in [0, 0.1) is 16.6 Å². The molecule has 1 aliphatic rings. The van der Waals surface area contributed by atoms with E-state index in [-0.39, 0.29) is 23.1 Å². The van der Waals surface area contributed by atoms with Gasteiger partial charge in [0, 0.05) is 17.2 Å². The van der Waals surface area contributed by atoms with Crippen molar-refractivity contribution in [3.05, 3.63) is 42.0 Å². The lowest BCUT2D eigenvalue weighted by molar-refractivity contribution is -0.122. The zero-order chi connectivity index (χ0) is 21.9. The maximum absolute atomic E-state index is 13.1. The number of ether oxygens (including phenoxy) is 1. The molecule has 160 valence electrons. The smallest absolute Gasteiger partial charge is 0.247 e. The van der Waals surface area contributed by atoms with Gasteiger partial charge in [0.1, 0.15) is 10.6 Å². The Morgan fingerprint density at radius 2 is 1.86 bits per heavy atom. The lowest BCUT2D eigenvalue weighted by atomic mass is 9.82. The second-order valence-corrected chi connectivity index (χ2v) is 10.2. The number of halogens is 1. The SMILES string of the molecule is CO/C(=C\C(=N)C1(CO)CCCC1)NC(=O)C(C)(C)S(=O)(=O)c1ccc(F)cc1. The third-order valence-corrected chi connectivity index (χ3v) is 7.93. The van der Waals surface area contributed by atoms with Gasteiger partial charge in [-0.1, -0.05) is 12.8 Å². The van der Waals surface area contributed by atoms with E-state index in [4.69, 9.17) is 10.1 Å². The van der Waals surface area contributed by atoms with Crippen LogP contribution >= 0.6 is 0 Å². The van der Waals surface area contributed by atoms with E-state index in [0.717, 1.165) is 37.1 Å². The summed E-state index contributed by atoms with van der Waals surface area (Å²) in [6.45, 7) is 2.30. The predicted octanol–water partition coefficient (Wildman–Crippen LogP) is 2.55. The molecule has 9 heteroatoms. The Morgan fingerprint density at radius 3 is 2.34 bits per heavy atom. The standard InChI is InChI=1S/C20H27FN2O5S/c1-19(2,29(26,27)15-8-6-14(21)7-9-15)18(25)23-17(28-3)12-16(22)20(13-24)10-4-5-11-20/h6-9,12,22,24H,4-5,10-11,13H2,1-3H3,(H,23,25)/b17-12-,22-16?. The minimum Gasteiger partial charge on any atom is -0.482 e. The molecule has 29 heavy (non-hydrogen) atoms. The van der Waals surface area contributed by atoms with Crippen molar-refractivity contribution in [2.45, 2.75) is 49.2 Å². The number of benzene rings is 1. The third-order valence-electron chi connectivity index (χ3n) is 5.51. The predicted molar refractivity (Wildman–Crippen MR) is 107 cm³/mol. The van der Waals surface area contributed by atoms with Crippen LogP contribution in [0.25, 0.3) is 0 Å². The number of carbonyl (C=O) groups excluding carboxylic acids is 1. The first-order valence-electron chi connectivity index (χ1n) is 9.27. The molecule has 0 unspecified atom stereocenters. The van der Waals surface area contributed by atoms with E-state index in [2.05, 4.69) is 5.32 Å². The molecule has 0 aliphatic heterocycles. The number of carbonyl (C=O) groups is 1. The van der Waals surface area contributed by atoms with Gasteiger partial charge in [-0.3, -0.25) is 10.1 Å². The lowest BCUT2D eigenvalue weighted by Gasteiger charge is -2.27. The van der Waals surface area contributed by atoms with Crippen LogP contribution < -0.4 is 5.32 Å². The molecule has 3 N–H and O–H groups in total. The summed E-state index contributed by atoms with van der Waals surface area (Å²) in [5.74, 6) is -1.52. The molecule has 0 saturated heterocycles. The van der Waals surface area contributed by atoms with Crippen molar-refractivity contribution in [3.63, 3.8) is 0 Å². The topological polar surface area (TPSA) is 117 Å². The van der Waals surface area contributed by atoms with Gasteiger partial charge in [-0.25, -0.2) is 12.8 Å². The number of rotatable bonds is 8. The van der Waals surface area contributed by atoms with Gasteiger partial charge < -0.3 is 15.3 Å². The quantitative estimate of drug-likeness (QED) is 0.336. The highest BCUT2D eigenvalue weighted by Crippen LogP contribution is 2.39. The molecular formula is C20H27FN2O5S. The molecule has 1 aromatic rings. The maximum atomic E-state index is 13.1. The van der Waals surface area contributed by atoms with Crippen LogP contribution in [0.2, 0.25) is 0 Å². The zero-order valence-electron chi connectivity index (χ0n) is 16.8. The van der Waals surface area contributed by atoms with E-state index in [1.807, 2.05) is 0 Å². The molecule has 0 atom stereocenters. The van der Waals surface area contributed by atoms with Crippen LogP contribution in [0.1, 0.15) is 39.5 Å². The van der Waals surface area contributed by atoms with E-state index in [0.29, 0.717) is 12.8 Å². The Kier molecular flexibility index (Phi) is 6.85. The minimum atomic E-state index is -4.12. The number of aliphatic hydroxyl groups is 1. The van der Waals surface area contributed by atoms with Gasteiger partial charge in [0.15, 0.2) is 15.7 Å². The van der Waals surface area contributed by atoms with E-state index in [1.54, 1.807) is 0 Å². The Labute approximate surface area is 170 Å². The molecule has 0 spiro atoms. The van der Waals surface area contributed by atoms with E-state index >= 15 is 0 Å². The molecule has 1 fully saturated rings. The van der Waals surface area contributed by atoms with Crippen LogP contribution in [-0.4, -0.2) is 43.6 Å². The third kappa shape index (κ3) is 4.51. The van der Waals surface area contributed by atoms with Crippen molar-refractivity contribution in [3.8, 4) is 0 Å². The monoisotopic (exact) mass is 426 g/mol. The molecule has 1 aliphatic carbocycles. The van der Waals surface area contributed by atoms with Gasteiger partial charge in [-0.05, 0) is 51.0 Å². The molecule has 1 saturated carbocycles.